The van der Waals surface area contributed by atoms with Crippen molar-refractivity contribution >= 4 is 39.6 Å². The molecule has 1 aromatic heterocycles. The molecule has 0 aliphatic carbocycles. The van der Waals surface area contributed by atoms with Crippen molar-refractivity contribution in [1.82, 2.24) is 5.32 Å². The molecule has 2 aromatic carbocycles. The van der Waals surface area contributed by atoms with E-state index in [0.717, 1.165) is 10.4 Å². The van der Waals surface area contributed by atoms with Gasteiger partial charge < -0.3 is 15.4 Å². The molecule has 0 aliphatic heterocycles. The van der Waals surface area contributed by atoms with Crippen LogP contribution >= 0.6 is 23.6 Å². The number of carbonyl (C=O) groups excluding carboxylic acids is 1. The van der Waals surface area contributed by atoms with E-state index in [1.165, 1.54) is 17.4 Å². The minimum atomic E-state index is -0.400. The van der Waals surface area contributed by atoms with Crippen LogP contribution in [-0.2, 0) is 17.7 Å². The summed E-state index contributed by atoms with van der Waals surface area (Å²) >= 11 is 6.79. The molecule has 0 amide bonds. The molecule has 0 bridgehead atoms. The lowest BCUT2D eigenvalue weighted by Crippen LogP contribution is -2.28. The van der Waals surface area contributed by atoms with Gasteiger partial charge in [0, 0.05) is 23.4 Å². The molecule has 150 valence electrons. The molecule has 0 fully saturated rings. The first-order chi connectivity index (χ1) is 14.1. The number of rotatable bonds is 7. The van der Waals surface area contributed by atoms with Crippen LogP contribution in [0.4, 0.5) is 9.39 Å². The van der Waals surface area contributed by atoms with Crippen LogP contribution in [0.5, 0.6) is 0 Å². The van der Waals surface area contributed by atoms with Gasteiger partial charge in [0.05, 0.1) is 12.2 Å². The molecule has 0 saturated heterocycles. The van der Waals surface area contributed by atoms with E-state index in [4.69, 9.17) is 17.0 Å². The number of thiocarbonyl (C=S) groups is 1. The first kappa shape index (κ1) is 21.0. The molecule has 3 aromatic rings. The largest absolute Gasteiger partial charge is 0.462 e. The fourth-order valence-corrected chi connectivity index (χ4v) is 4.07. The SMILES string of the molecule is CCOC(=O)c1cc(Cc2ccccc2)sc1NC(=S)NCc1ccccc1F. The van der Waals surface area contributed by atoms with Gasteiger partial charge in [0.2, 0.25) is 0 Å². The summed E-state index contributed by atoms with van der Waals surface area (Å²) in [5.41, 5.74) is 2.10. The van der Waals surface area contributed by atoms with Gasteiger partial charge in [-0.1, -0.05) is 48.5 Å². The Hall–Kier alpha value is -2.77. The molecule has 0 radical (unpaired) electrons. The van der Waals surface area contributed by atoms with Crippen molar-refractivity contribution in [2.24, 2.45) is 0 Å². The van der Waals surface area contributed by atoms with Gasteiger partial charge in [-0.05, 0) is 36.8 Å². The van der Waals surface area contributed by atoms with E-state index < -0.39 is 5.97 Å². The standard InChI is InChI=1S/C22H21FN2O2S2/c1-2-27-21(26)18-13-17(12-15-8-4-3-5-9-15)29-20(18)25-22(28)24-14-16-10-6-7-11-19(16)23/h3-11,13H,2,12,14H2,1H3,(H2,24,25,28). The molecule has 0 unspecified atom stereocenters. The van der Waals surface area contributed by atoms with Gasteiger partial charge in [0.25, 0.3) is 0 Å². The maximum Gasteiger partial charge on any atom is 0.341 e. The zero-order valence-electron chi connectivity index (χ0n) is 15.9. The molecular weight excluding hydrogens is 407 g/mol. The Kier molecular flexibility index (Phi) is 7.32. The van der Waals surface area contributed by atoms with E-state index in [1.807, 2.05) is 36.4 Å². The topological polar surface area (TPSA) is 50.4 Å². The van der Waals surface area contributed by atoms with Crippen LogP contribution in [0.25, 0.3) is 0 Å². The Labute approximate surface area is 178 Å². The molecule has 0 atom stereocenters. The summed E-state index contributed by atoms with van der Waals surface area (Å²) in [7, 11) is 0. The van der Waals surface area contributed by atoms with Crippen LogP contribution in [0.15, 0.2) is 60.7 Å². The van der Waals surface area contributed by atoms with Gasteiger partial charge in [-0.3, -0.25) is 0 Å². The van der Waals surface area contributed by atoms with Crippen molar-refractivity contribution in [1.29, 1.82) is 0 Å². The minimum Gasteiger partial charge on any atom is -0.462 e. The van der Waals surface area contributed by atoms with E-state index in [0.29, 0.717) is 27.7 Å². The average molecular weight is 429 g/mol. The van der Waals surface area contributed by atoms with Crippen molar-refractivity contribution in [3.05, 3.63) is 88.0 Å². The number of hydrogen-bond donors (Lipinski definition) is 2. The third-order valence-electron chi connectivity index (χ3n) is 4.12. The fraction of sp³-hybridized carbons (Fsp3) is 0.182. The summed E-state index contributed by atoms with van der Waals surface area (Å²) in [5, 5.41) is 6.97. The predicted molar refractivity (Wildman–Crippen MR) is 119 cm³/mol. The molecular formula is C22H21FN2O2S2. The molecule has 29 heavy (non-hydrogen) atoms. The predicted octanol–water partition coefficient (Wildman–Crippen LogP) is 5.14. The van der Waals surface area contributed by atoms with Crippen LogP contribution in [0.3, 0.4) is 0 Å². The second-order valence-corrected chi connectivity index (χ2v) is 7.78. The Morgan fingerprint density at radius 1 is 1.14 bits per heavy atom. The van der Waals surface area contributed by atoms with Gasteiger partial charge in [-0.25, -0.2) is 9.18 Å². The molecule has 7 heteroatoms. The Balaban J connectivity index is 1.72. The number of esters is 1. The van der Waals surface area contributed by atoms with Crippen LogP contribution in [0, 0.1) is 5.82 Å². The summed E-state index contributed by atoms with van der Waals surface area (Å²) in [5.74, 6) is -0.696. The highest BCUT2D eigenvalue weighted by molar-refractivity contribution is 7.80. The van der Waals surface area contributed by atoms with E-state index >= 15 is 0 Å². The second kappa shape index (κ2) is 10.1. The number of halogens is 1. The zero-order chi connectivity index (χ0) is 20.6. The number of thiophene rings is 1. The molecule has 0 aliphatic rings. The summed E-state index contributed by atoms with van der Waals surface area (Å²) < 4.78 is 18.9. The summed E-state index contributed by atoms with van der Waals surface area (Å²) in [6.45, 7) is 2.30. The van der Waals surface area contributed by atoms with E-state index in [1.54, 1.807) is 25.1 Å². The van der Waals surface area contributed by atoms with E-state index in [9.17, 15) is 9.18 Å². The smallest absolute Gasteiger partial charge is 0.341 e. The number of anilines is 1. The van der Waals surface area contributed by atoms with Crippen LogP contribution in [0.1, 0.15) is 33.3 Å². The Bertz CT molecular complexity index is 989. The molecule has 4 nitrogen and oxygen atoms in total. The minimum absolute atomic E-state index is 0.246. The number of hydrogen-bond acceptors (Lipinski definition) is 4. The van der Waals surface area contributed by atoms with E-state index in [-0.39, 0.29) is 19.0 Å². The maximum absolute atomic E-state index is 13.8. The molecule has 1 heterocycles. The number of benzene rings is 2. The van der Waals surface area contributed by atoms with Crippen LogP contribution in [-0.4, -0.2) is 17.7 Å². The fourth-order valence-electron chi connectivity index (χ4n) is 2.74. The van der Waals surface area contributed by atoms with Crippen LogP contribution < -0.4 is 10.6 Å². The number of nitrogens with one attached hydrogen (secondary N) is 2. The normalized spacial score (nSPS) is 10.4. The first-order valence-electron chi connectivity index (χ1n) is 9.18. The highest BCUT2D eigenvalue weighted by Crippen LogP contribution is 2.30. The second-order valence-electron chi connectivity index (χ2n) is 6.24. The maximum atomic E-state index is 13.8. The Morgan fingerprint density at radius 2 is 1.86 bits per heavy atom. The van der Waals surface area contributed by atoms with Gasteiger partial charge in [0.1, 0.15) is 10.8 Å². The first-order valence-corrected chi connectivity index (χ1v) is 10.4. The van der Waals surface area contributed by atoms with Gasteiger partial charge in [0.15, 0.2) is 5.11 Å². The average Bonchev–Trinajstić information content (AvgIpc) is 3.10. The van der Waals surface area contributed by atoms with Gasteiger partial charge >= 0.3 is 5.97 Å². The zero-order valence-corrected chi connectivity index (χ0v) is 17.5. The highest BCUT2D eigenvalue weighted by atomic mass is 32.1. The summed E-state index contributed by atoms with van der Waals surface area (Å²) in [6, 6.07) is 18.3. The molecule has 2 N–H and O–H groups in total. The lowest BCUT2D eigenvalue weighted by molar-refractivity contribution is 0.0528. The lowest BCUT2D eigenvalue weighted by atomic mass is 10.1. The van der Waals surface area contributed by atoms with Crippen molar-refractivity contribution in [3.8, 4) is 0 Å². The van der Waals surface area contributed by atoms with Crippen molar-refractivity contribution in [2.45, 2.75) is 19.9 Å². The summed E-state index contributed by atoms with van der Waals surface area (Å²) in [6.07, 6.45) is 0.703. The third kappa shape index (κ3) is 5.85. The molecule has 0 saturated carbocycles. The lowest BCUT2D eigenvalue weighted by Gasteiger charge is -2.11. The van der Waals surface area contributed by atoms with Crippen LogP contribution in [0.2, 0.25) is 0 Å². The quantitative estimate of drug-likeness (QED) is 0.403. The number of ether oxygens (including phenoxy) is 1. The molecule has 0 spiro atoms. The van der Waals surface area contributed by atoms with Crippen molar-refractivity contribution < 1.29 is 13.9 Å². The third-order valence-corrected chi connectivity index (χ3v) is 5.42. The Morgan fingerprint density at radius 3 is 2.59 bits per heavy atom. The van der Waals surface area contributed by atoms with Gasteiger partial charge in [-0.2, -0.15) is 0 Å². The van der Waals surface area contributed by atoms with Crippen molar-refractivity contribution in [2.75, 3.05) is 11.9 Å². The summed E-state index contributed by atoms with van der Waals surface area (Å²) in [4.78, 5) is 13.4. The van der Waals surface area contributed by atoms with Crippen molar-refractivity contribution in [3.63, 3.8) is 0 Å². The highest BCUT2D eigenvalue weighted by Gasteiger charge is 2.18. The number of carbonyl (C=O) groups is 1. The van der Waals surface area contributed by atoms with E-state index in [2.05, 4.69) is 10.6 Å². The van der Waals surface area contributed by atoms with Gasteiger partial charge in [-0.15, -0.1) is 11.3 Å². The monoisotopic (exact) mass is 428 g/mol. The molecule has 3 rings (SSSR count).